The number of hydrogen-bond donors (Lipinski definition) is 1. The molecule has 0 radical (unpaired) electrons. The molecule has 7 heteroatoms. The molecule has 28 heavy (non-hydrogen) atoms. The van der Waals surface area contributed by atoms with Gasteiger partial charge in [0.25, 0.3) is 0 Å². The maximum atomic E-state index is 14.2. The van der Waals surface area contributed by atoms with Gasteiger partial charge in [0, 0.05) is 5.41 Å². The van der Waals surface area contributed by atoms with E-state index >= 15 is 0 Å². The highest BCUT2D eigenvalue weighted by Crippen LogP contribution is 2.68. The number of carbonyl (C=O) groups is 1. The minimum Gasteiger partial charge on any atom is -0.367 e. The zero-order valence-corrected chi connectivity index (χ0v) is 16.1. The van der Waals surface area contributed by atoms with Crippen LogP contribution in [0.2, 0.25) is 0 Å². The van der Waals surface area contributed by atoms with Gasteiger partial charge in [0.15, 0.2) is 0 Å². The Balaban J connectivity index is 1.84. The van der Waals surface area contributed by atoms with Crippen molar-refractivity contribution in [2.75, 3.05) is 0 Å². The Kier molecular flexibility index (Phi) is 4.26. The highest BCUT2D eigenvalue weighted by Gasteiger charge is 2.65. The summed E-state index contributed by atoms with van der Waals surface area (Å²) in [7, 11) is 0. The lowest BCUT2D eigenvalue weighted by atomic mass is 9.77. The van der Waals surface area contributed by atoms with Gasteiger partial charge in [-0.15, -0.1) is 5.10 Å². The van der Waals surface area contributed by atoms with Crippen LogP contribution >= 0.6 is 0 Å². The Labute approximate surface area is 162 Å². The van der Waals surface area contributed by atoms with Gasteiger partial charge in [0.05, 0.1) is 17.0 Å². The lowest BCUT2D eigenvalue weighted by Crippen LogP contribution is -2.45. The normalized spacial score (nSPS) is 25.5. The second-order valence-corrected chi connectivity index (χ2v) is 8.19. The molecule has 1 fully saturated rings. The van der Waals surface area contributed by atoms with Crippen LogP contribution in [0.25, 0.3) is 11.3 Å². The Hall–Kier alpha value is -2.41. The Morgan fingerprint density at radius 3 is 2.61 bits per heavy atom. The second-order valence-electron chi connectivity index (χ2n) is 8.19. The van der Waals surface area contributed by atoms with Crippen LogP contribution in [0.1, 0.15) is 57.2 Å². The lowest BCUT2D eigenvalue weighted by Gasteiger charge is -2.39. The molecule has 1 amide bonds. The minimum atomic E-state index is -0.790. The predicted octanol–water partition coefficient (Wildman–Crippen LogP) is 3.81. The van der Waals surface area contributed by atoms with Gasteiger partial charge >= 0.3 is 0 Å². The molecule has 5 nitrogen and oxygen atoms in total. The van der Waals surface area contributed by atoms with Crippen molar-refractivity contribution in [3.8, 4) is 11.3 Å². The van der Waals surface area contributed by atoms with Crippen LogP contribution in [-0.4, -0.2) is 22.2 Å². The number of benzene rings is 1. The molecule has 1 heterocycles. The van der Waals surface area contributed by atoms with E-state index in [1.54, 1.807) is 6.07 Å². The smallest absolute Gasteiger partial charge is 0.246 e. The summed E-state index contributed by atoms with van der Waals surface area (Å²) in [4.78, 5) is 11.8. The third-order valence-corrected chi connectivity index (χ3v) is 6.53. The zero-order valence-electron chi connectivity index (χ0n) is 16.1. The van der Waals surface area contributed by atoms with Gasteiger partial charge in [-0.2, -0.15) is 5.10 Å². The highest BCUT2D eigenvalue weighted by molar-refractivity contribution is 5.78. The molecule has 1 saturated carbocycles. The topological polar surface area (TPSA) is 78.1 Å². The minimum absolute atomic E-state index is 0.0944. The van der Waals surface area contributed by atoms with E-state index in [-0.39, 0.29) is 22.6 Å². The number of rotatable bonds is 5. The molecule has 2 bridgehead atoms. The van der Waals surface area contributed by atoms with E-state index in [9.17, 15) is 13.6 Å². The molecule has 2 aliphatic rings. The molecule has 2 aromatic rings. The number of carbonyl (C=O) groups excluding carboxylic acids is 1. The first kappa shape index (κ1) is 18.9. The van der Waals surface area contributed by atoms with Crippen LogP contribution < -0.4 is 5.73 Å². The fraction of sp³-hybridized carbons (Fsp3) is 0.476. The monoisotopic (exact) mass is 387 g/mol. The predicted molar refractivity (Wildman–Crippen MR) is 99.2 cm³/mol. The first-order chi connectivity index (χ1) is 13.2. The number of amides is 1. The maximum Gasteiger partial charge on any atom is 0.246 e. The van der Waals surface area contributed by atoms with Gasteiger partial charge in [-0.3, -0.25) is 4.79 Å². The molecule has 148 valence electrons. The largest absolute Gasteiger partial charge is 0.367 e. The van der Waals surface area contributed by atoms with Crippen molar-refractivity contribution in [3.63, 3.8) is 0 Å². The molecule has 0 aliphatic heterocycles. The van der Waals surface area contributed by atoms with Crippen molar-refractivity contribution in [1.82, 2.24) is 10.2 Å². The molecule has 2 unspecified atom stereocenters. The van der Waals surface area contributed by atoms with Crippen LogP contribution in [0, 0.1) is 17.0 Å². The van der Waals surface area contributed by atoms with E-state index < -0.39 is 29.2 Å². The molecule has 2 N–H and O–H groups in total. The molecular formula is C21H23F2N3O2. The molecular weight excluding hydrogens is 364 g/mol. The van der Waals surface area contributed by atoms with Crippen LogP contribution in [0.3, 0.4) is 0 Å². The fourth-order valence-corrected chi connectivity index (χ4v) is 4.98. The second kappa shape index (κ2) is 6.30. The first-order valence-corrected chi connectivity index (χ1v) is 9.52. The van der Waals surface area contributed by atoms with Crippen LogP contribution in [0.15, 0.2) is 24.3 Å². The Morgan fingerprint density at radius 2 is 2.00 bits per heavy atom. The van der Waals surface area contributed by atoms with Gasteiger partial charge in [0.2, 0.25) is 5.91 Å². The van der Waals surface area contributed by atoms with E-state index in [0.29, 0.717) is 18.5 Å². The van der Waals surface area contributed by atoms with Crippen LogP contribution in [0.5, 0.6) is 0 Å². The van der Waals surface area contributed by atoms with Crippen molar-refractivity contribution < 1.29 is 18.3 Å². The number of fused-ring (bicyclic) bond motifs is 5. The SMILES string of the molecule is CC[C@@H](OC12CCC(c3cc(-c4c(F)cccc4F)nnc31)C2(C)C)C(N)=O. The zero-order chi connectivity index (χ0) is 20.3. The highest BCUT2D eigenvalue weighted by atomic mass is 19.1. The average molecular weight is 387 g/mol. The van der Waals surface area contributed by atoms with Crippen molar-refractivity contribution in [2.45, 2.75) is 57.7 Å². The van der Waals surface area contributed by atoms with E-state index in [4.69, 9.17) is 10.5 Å². The van der Waals surface area contributed by atoms with Gasteiger partial charge in [-0.25, -0.2) is 8.78 Å². The number of aromatic nitrogens is 2. The summed E-state index contributed by atoms with van der Waals surface area (Å²) in [5, 5.41) is 8.48. The summed E-state index contributed by atoms with van der Waals surface area (Å²) in [5.41, 5.74) is 5.88. The number of halogens is 2. The Bertz CT molecular complexity index is 942. The van der Waals surface area contributed by atoms with E-state index in [1.807, 2.05) is 6.92 Å². The summed E-state index contributed by atoms with van der Waals surface area (Å²) >= 11 is 0. The molecule has 2 aliphatic carbocycles. The van der Waals surface area contributed by atoms with Crippen LogP contribution in [0.4, 0.5) is 8.78 Å². The van der Waals surface area contributed by atoms with Gasteiger partial charge in [0.1, 0.15) is 23.3 Å². The van der Waals surface area contributed by atoms with Gasteiger partial charge in [-0.1, -0.05) is 26.8 Å². The fourth-order valence-electron chi connectivity index (χ4n) is 4.98. The molecule has 3 atom stereocenters. The lowest BCUT2D eigenvalue weighted by molar-refractivity contribution is -0.165. The molecule has 4 rings (SSSR count). The third kappa shape index (κ3) is 2.42. The van der Waals surface area contributed by atoms with Crippen LogP contribution in [-0.2, 0) is 15.1 Å². The van der Waals surface area contributed by atoms with Crippen molar-refractivity contribution in [2.24, 2.45) is 11.1 Å². The molecule has 0 saturated heterocycles. The number of ether oxygens (including phenoxy) is 1. The van der Waals surface area contributed by atoms with Crippen molar-refractivity contribution >= 4 is 5.91 Å². The van der Waals surface area contributed by atoms with Crippen molar-refractivity contribution in [1.29, 1.82) is 0 Å². The van der Waals surface area contributed by atoms with E-state index in [1.165, 1.54) is 18.2 Å². The summed E-state index contributed by atoms with van der Waals surface area (Å²) in [6.07, 6.45) is 1.26. The molecule has 1 aromatic carbocycles. The summed E-state index contributed by atoms with van der Waals surface area (Å²) in [6, 6.07) is 5.43. The summed E-state index contributed by atoms with van der Waals surface area (Å²) in [5.74, 6) is -1.77. The van der Waals surface area contributed by atoms with E-state index in [2.05, 4.69) is 24.0 Å². The molecule has 1 aromatic heterocycles. The standard InChI is InChI=1S/C21H23F2N3O2/c1-4-16(19(24)27)28-21-9-8-12(20(21,2)3)11-10-15(25-26-18(11)21)17-13(22)6-5-7-14(17)23/h5-7,10,12,16H,4,8-9H2,1-3H3,(H2,24,27)/t12?,16-,21?/m1/s1. The van der Waals surface area contributed by atoms with Gasteiger partial charge in [-0.05, 0) is 48.9 Å². The third-order valence-electron chi connectivity index (χ3n) is 6.53. The quantitative estimate of drug-likeness (QED) is 0.846. The maximum absolute atomic E-state index is 14.2. The number of nitrogens with zero attached hydrogens (tertiary/aromatic N) is 2. The number of nitrogens with two attached hydrogens (primary N) is 1. The number of primary amides is 1. The molecule has 0 spiro atoms. The van der Waals surface area contributed by atoms with Crippen molar-refractivity contribution in [3.05, 3.63) is 47.2 Å². The van der Waals surface area contributed by atoms with E-state index in [0.717, 1.165) is 12.0 Å². The average Bonchev–Trinajstić information content (AvgIpc) is 3.00. The summed E-state index contributed by atoms with van der Waals surface area (Å²) in [6.45, 7) is 5.99. The summed E-state index contributed by atoms with van der Waals surface area (Å²) < 4.78 is 34.8. The first-order valence-electron chi connectivity index (χ1n) is 9.52. The number of hydrogen-bond acceptors (Lipinski definition) is 4. The Morgan fingerprint density at radius 1 is 1.32 bits per heavy atom. The van der Waals surface area contributed by atoms with Gasteiger partial charge < -0.3 is 10.5 Å².